The monoisotopic (exact) mass is 488 g/mol. The second-order valence-electron chi connectivity index (χ2n) is 8.22. The third kappa shape index (κ3) is 7.73. The smallest absolute Gasteiger partial charge is 0.330 e. The van der Waals surface area contributed by atoms with E-state index < -0.39 is 23.1 Å². The van der Waals surface area contributed by atoms with Crippen LogP contribution in [0.3, 0.4) is 0 Å². The number of esters is 1. The van der Waals surface area contributed by atoms with Crippen LogP contribution in [-0.2, 0) is 27.5 Å². The number of nitrogens with one attached hydrogen (secondary N) is 1. The predicted octanol–water partition coefficient (Wildman–Crippen LogP) is 2.97. The van der Waals surface area contributed by atoms with Gasteiger partial charge in [0.15, 0.2) is 5.69 Å². The third-order valence-corrected chi connectivity index (χ3v) is 5.63. The predicted molar refractivity (Wildman–Crippen MR) is 135 cm³/mol. The number of amides is 1. The minimum Gasteiger partial charge on any atom is -0.496 e. The number of nitrogen functional groups attached to an aromatic ring is 1. The number of para-hydroxylation sites is 1. The highest BCUT2D eigenvalue weighted by molar-refractivity contribution is 5.96. The third-order valence-electron chi connectivity index (χ3n) is 5.63. The summed E-state index contributed by atoms with van der Waals surface area (Å²) in [4.78, 5) is 54.0. The van der Waals surface area contributed by atoms with Gasteiger partial charge >= 0.3 is 11.7 Å². The van der Waals surface area contributed by atoms with Gasteiger partial charge in [-0.05, 0) is 18.9 Å². The van der Waals surface area contributed by atoms with E-state index in [0.717, 1.165) is 19.3 Å². The molecule has 0 aliphatic rings. The molecule has 3 N–H and O–H groups in total. The van der Waals surface area contributed by atoms with E-state index in [1.54, 1.807) is 12.1 Å². The van der Waals surface area contributed by atoms with Gasteiger partial charge in [-0.25, -0.2) is 4.79 Å². The summed E-state index contributed by atoms with van der Waals surface area (Å²) in [5, 5.41) is 0. The number of methoxy groups -OCH3 is 1. The first kappa shape index (κ1) is 27.7. The number of benzene rings is 1. The Balaban J connectivity index is 2.16. The van der Waals surface area contributed by atoms with E-state index in [2.05, 4.69) is 4.98 Å². The van der Waals surface area contributed by atoms with Gasteiger partial charge in [-0.15, -0.1) is 0 Å². The van der Waals surface area contributed by atoms with Crippen molar-refractivity contribution in [2.45, 2.75) is 71.9 Å². The number of nitrogens with two attached hydrogens (primary N) is 1. The summed E-state index contributed by atoms with van der Waals surface area (Å²) in [5.41, 5.74) is 5.55. The Labute approximate surface area is 205 Å². The average Bonchev–Trinajstić information content (AvgIpc) is 2.85. The SMILES string of the molecule is CCCCCN(C(=O)CCC(=O)OCc1ccccc1OC)c1c(N)n(CCCC)c(=O)[nH]c1=O. The Morgan fingerprint density at radius 3 is 2.46 bits per heavy atom. The Bertz CT molecular complexity index is 1110. The van der Waals surface area contributed by atoms with Gasteiger partial charge in [0.2, 0.25) is 5.91 Å². The highest BCUT2D eigenvalue weighted by atomic mass is 16.5. The van der Waals surface area contributed by atoms with Crippen molar-refractivity contribution in [3.63, 3.8) is 0 Å². The van der Waals surface area contributed by atoms with Gasteiger partial charge in [-0.2, -0.15) is 0 Å². The fraction of sp³-hybridized carbons (Fsp3) is 0.520. The fourth-order valence-electron chi connectivity index (χ4n) is 3.65. The first-order chi connectivity index (χ1) is 16.8. The maximum absolute atomic E-state index is 13.1. The lowest BCUT2D eigenvalue weighted by Crippen LogP contribution is -2.41. The van der Waals surface area contributed by atoms with Crippen molar-refractivity contribution in [2.75, 3.05) is 24.3 Å². The van der Waals surface area contributed by atoms with Crippen molar-refractivity contribution in [1.29, 1.82) is 0 Å². The summed E-state index contributed by atoms with van der Waals surface area (Å²) in [7, 11) is 1.53. The first-order valence-electron chi connectivity index (χ1n) is 12.0. The van der Waals surface area contributed by atoms with Gasteiger partial charge in [0.05, 0.1) is 13.5 Å². The lowest BCUT2D eigenvalue weighted by Gasteiger charge is -2.24. The van der Waals surface area contributed by atoms with Crippen LogP contribution in [0.1, 0.15) is 64.4 Å². The molecule has 0 unspecified atom stereocenters. The highest BCUT2D eigenvalue weighted by Crippen LogP contribution is 2.21. The second kappa shape index (κ2) is 14.0. The number of carbonyl (C=O) groups is 2. The molecule has 0 saturated carbocycles. The van der Waals surface area contributed by atoms with Crippen molar-refractivity contribution in [2.24, 2.45) is 0 Å². The molecule has 0 aliphatic carbocycles. The molecule has 35 heavy (non-hydrogen) atoms. The van der Waals surface area contributed by atoms with E-state index in [0.29, 0.717) is 30.7 Å². The van der Waals surface area contributed by atoms with Crippen LogP contribution in [0.25, 0.3) is 0 Å². The molecule has 0 saturated heterocycles. The molecule has 1 heterocycles. The zero-order chi connectivity index (χ0) is 25.8. The molecular weight excluding hydrogens is 452 g/mol. The first-order valence-corrected chi connectivity index (χ1v) is 12.0. The maximum atomic E-state index is 13.1. The number of unbranched alkanes of at least 4 members (excludes halogenated alkanes) is 3. The molecule has 10 heteroatoms. The number of ether oxygens (including phenoxy) is 2. The summed E-state index contributed by atoms with van der Waals surface area (Å²) in [6, 6.07) is 7.18. The number of anilines is 2. The summed E-state index contributed by atoms with van der Waals surface area (Å²) < 4.78 is 11.8. The Hall–Kier alpha value is -3.56. The van der Waals surface area contributed by atoms with Gasteiger partial charge in [0, 0.05) is 25.1 Å². The molecule has 0 spiro atoms. The van der Waals surface area contributed by atoms with Crippen LogP contribution in [0.4, 0.5) is 11.5 Å². The Morgan fingerprint density at radius 2 is 1.77 bits per heavy atom. The minimum absolute atomic E-state index is 0.0201. The van der Waals surface area contributed by atoms with Gasteiger partial charge in [0.1, 0.15) is 18.2 Å². The molecule has 10 nitrogen and oxygen atoms in total. The number of rotatable bonds is 14. The molecule has 1 aromatic carbocycles. The second-order valence-corrected chi connectivity index (χ2v) is 8.22. The Morgan fingerprint density at radius 1 is 1.06 bits per heavy atom. The van der Waals surface area contributed by atoms with Crippen molar-refractivity contribution in [1.82, 2.24) is 9.55 Å². The average molecular weight is 489 g/mol. The van der Waals surface area contributed by atoms with E-state index in [4.69, 9.17) is 15.2 Å². The van der Waals surface area contributed by atoms with Crippen LogP contribution in [0.2, 0.25) is 0 Å². The summed E-state index contributed by atoms with van der Waals surface area (Å²) in [6.45, 7) is 4.60. The van der Waals surface area contributed by atoms with Crippen molar-refractivity contribution in [3.05, 3.63) is 50.7 Å². The largest absolute Gasteiger partial charge is 0.496 e. The fourth-order valence-corrected chi connectivity index (χ4v) is 3.65. The zero-order valence-corrected chi connectivity index (χ0v) is 20.8. The van der Waals surface area contributed by atoms with Crippen LogP contribution >= 0.6 is 0 Å². The van der Waals surface area contributed by atoms with E-state index in [1.807, 2.05) is 26.0 Å². The van der Waals surface area contributed by atoms with E-state index >= 15 is 0 Å². The molecule has 1 aromatic heterocycles. The topological polar surface area (TPSA) is 137 Å². The summed E-state index contributed by atoms with van der Waals surface area (Å²) >= 11 is 0. The molecule has 2 rings (SSSR count). The molecule has 0 atom stereocenters. The number of nitrogens with zero attached hydrogens (tertiary/aromatic N) is 2. The highest BCUT2D eigenvalue weighted by Gasteiger charge is 2.24. The molecule has 0 bridgehead atoms. The van der Waals surface area contributed by atoms with E-state index in [-0.39, 0.29) is 37.5 Å². The quantitative estimate of drug-likeness (QED) is 0.308. The maximum Gasteiger partial charge on any atom is 0.330 e. The van der Waals surface area contributed by atoms with Crippen LogP contribution in [0.5, 0.6) is 5.75 Å². The van der Waals surface area contributed by atoms with E-state index in [9.17, 15) is 19.2 Å². The van der Waals surface area contributed by atoms with Crippen molar-refractivity contribution < 1.29 is 19.1 Å². The van der Waals surface area contributed by atoms with Gasteiger partial charge in [-0.1, -0.05) is 51.3 Å². The zero-order valence-electron chi connectivity index (χ0n) is 20.8. The number of aromatic nitrogens is 2. The molecule has 2 aromatic rings. The van der Waals surface area contributed by atoms with Gasteiger partial charge in [-0.3, -0.25) is 23.9 Å². The molecular formula is C25H36N4O6. The van der Waals surface area contributed by atoms with Crippen LogP contribution in [0.15, 0.2) is 33.9 Å². The number of hydrogen-bond donors (Lipinski definition) is 2. The van der Waals surface area contributed by atoms with Gasteiger partial charge < -0.3 is 20.1 Å². The lowest BCUT2D eigenvalue weighted by molar-refractivity contribution is -0.146. The summed E-state index contributed by atoms with van der Waals surface area (Å²) in [6.07, 6.45) is 3.61. The molecule has 192 valence electrons. The number of carbonyl (C=O) groups excluding carboxylic acids is 2. The van der Waals surface area contributed by atoms with Crippen molar-refractivity contribution in [3.8, 4) is 5.75 Å². The number of H-pyrrole nitrogens is 1. The minimum atomic E-state index is -0.719. The van der Waals surface area contributed by atoms with Crippen molar-refractivity contribution >= 4 is 23.4 Å². The number of hydrogen-bond acceptors (Lipinski definition) is 7. The summed E-state index contributed by atoms with van der Waals surface area (Å²) in [5.74, 6) is -0.428. The number of aromatic amines is 1. The standard InChI is InChI=1S/C25H36N4O6/c1-4-6-10-16-28(22-23(26)29(15-7-5-2)25(33)27-24(22)32)20(30)13-14-21(31)35-17-18-11-8-9-12-19(18)34-3/h8-9,11-12H,4-7,10,13-17,26H2,1-3H3,(H,27,32,33). The molecule has 1 amide bonds. The van der Waals surface area contributed by atoms with Gasteiger partial charge in [0.25, 0.3) is 5.56 Å². The molecule has 0 radical (unpaired) electrons. The van der Waals surface area contributed by atoms with Crippen LogP contribution in [-0.4, -0.2) is 35.1 Å². The van der Waals surface area contributed by atoms with Crippen LogP contribution < -0.4 is 26.6 Å². The lowest BCUT2D eigenvalue weighted by atomic mass is 10.2. The van der Waals surface area contributed by atoms with Crippen LogP contribution in [0, 0.1) is 0 Å². The van der Waals surface area contributed by atoms with E-state index in [1.165, 1.54) is 16.6 Å². The Kier molecular flexibility index (Phi) is 11.1. The normalized spacial score (nSPS) is 10.7. The molecule has 0 fully saturated rings. The molecule has 0 aliphatic heterocycles.